The van der Waals surface area contributed by atoms with Gasteiger partial charge in [-0.3, -0.25) is 0 Å². The average Bonchev–Trinajstić information content (AvgIpc) is 1.79. The fourth-order valence-corrected chi connectivity index (χ4v) is 0.530. The Hall–Kier alpha value is -0.255. The zero-order valence-corrected chi connectivity index (χ0v) is 7.71. The van der Waals surface area contributed by atoms with E-state index in [-0.39, 0.29) is 0 Å². The predicted octanol–water partition coefficient (Wildman–Crippen LogP) is 1.23. The van der Waals surface area contributed by atoms with Gasteiger partial charge in [0.1, 0.15) is 0 Å². The Bertz CT molecular complexity index is 88.0. The molecule has 0 aromatic rings. The second-order valence-corrected chi connectivity index (χ2v) is 2.81. The molecule has 0 heterocycles. The quantitative estimate of drug-likeness (QED) is 0.503. The van der Waals surface area contributed by atoms with Crippen LogP contribution in [0.1, 0.15) is 19.8 Å². The number of unbranched alkanes of at least 4 members (excludes halogenated alkanes) is 1. The molecule has 0 radical (unpaired) electrons. The molecule has 0 aromatic heterocycles. The van der Waals surface area contributed by atoms with Crippen molar-refractivity contribution in [3.63, 3.8) is 0 Å². The summed E-state index contributed by atoms with van der Waals surface area (Å²) in [6, 6.07) is 0. The lowest BCUT2D eigenvalue weighted by Gasteiger charge is -2.03. The normalized spacial score (nSPS) is 11.0. The van der Waals surface area contributed by atoms with E-state index < -0.39 is 7.25 Å². The smallest absolute Gasteiger partial charge is 0.418 e. The molecule has 12 heavy (non-hydrogen) atoms. The van der Waals surface area contributed by atoms with Crippen molar-refractivity contribution in [1.82, 2.24) is 0 Å². The van der Waals surface area contributed by atoms with Gasteiger partial charge in [0.2, 0.25) is 0 Å². The number of rotatable bonds is 3. The zero-order chi connectivity index (χ0) is 10.2. The van der Waals surface area contributed by atoms with Crippen molar-refractivity contribution in [2.24, 2.45) is 0 Å². The number of nitrogens with one attached hydrogen (secondary N) is 1. The van der Waals surface area contributed by atoms with Crippen LogP contribution in [0.15, 0.2) is 0 Å². The first kappa shape index (κ1) is 14.3. The molecule has 0 aromatic carbocycles. The van der Waals surface area contributed by atoms with Gasteiger partial charge in [-0.2, -0.15) is 0 Å². The van der Waals surface area contributed by atoms with E-state index in [9.17, 15) is 17.3 Å². The largest absolute Gasteiger partial charge is 0.673 e. The van der Waals surface area contributed by atoms with Gasteiger partial charge in [-0.25, -0.2) is 0 Å². The molecule has 1 N–H and O–H groups in total. The second-order valence-electron chi connectivity index (χ2n) is 2.81. The van der Waals surface area contributed by atoms with Gasteiger partial charge >= 0.3 is 7.25 Å². The van der Waals surface area contributed by atoms with E-state index in [4.69, 9.17) is 0 Å². The van der Waals surface area contributed by atoms with Crippen molar-refractivity contribution in [1.29, 1.82) is 0 Å². The molecule has 0 amide bonds. The van der Waals surface area contributed by atoms with Crippen LogP contribution in [0, 0.1) is 0 Å². The highest BCUT2D eigenvalue weighted by Crippen LogP contribution is 2.06. The van der Waals surface area contributed by atoms with Crippen LogP contribution in [0.2, 0.25) is 0 Å². The second kappa shape index (κ2) is 7.40. The van der Waals surface area contributed by atoms with E-state index in [0.29, 0.717) is 0 Å². The Morgan fingerprint density at radius 1 is 1.08 bits per heavy atom. The van der Waals surface area contributed by atoms with Gasteiger partial charge < -0.3 is 22.2 Å². The summed E-state index contributed by atoms with van der Waals surface area (Å²) in [6.07, 6.45) is 2.69. The molecule has 0 spiro atoms. The minimum absolute atomic E-state index is 1.32. The van der Waals surface area contributed by atoms with Crippen LogP contribution in [0.4, 0.5) is 17.3 Å². The summed E-state index contributed by atoms with van der Waals surface area (Å²) in [5.74, 6) is 0. The molecule has 0 rings (SSSR count). The molecule has 0 unspecified atom stereocenters. The number of hydrogen-bond donors (Lipinski definition) is 1. The Balaban J connectivity index is 0. The maximum atomic E-state index is 9.75. The van der Waals surface area contributed by atoms with Gasteiger partial charge in [0, 0.05) is 0 Å². The van der Waals surface area contributed by atoms with Crippen molar-refractivity contribution >= 4 is 7.25 Å². The summed E-state index contributed by atoms with van der Waals surface area (Å²) in [6.45, 7) is 3.54. The zero-order valence-electron chi connectivity index (χ0n) is 7.71. The van der Waals surface area contributed by atoms with Crippen LogP contribution in [-0.2, 0) is 0 Å². The Morgan fingerprint density at radius 2 is 1.42 bits per heavy atom. The van der Waals surface area contributed by atoms with E-state index in [1.807, 2.05) is 0 Å². The first-order valence-electron chi connectivity index (χ1n) is 3.93. The van der Waals surface area contributed by atoms with Crippen molar-refractivity contribution < 1.29 is 22.2 Å². The summed E-state index contributed by atoms with van der Waals surface area (Å²) < 4.78 is 39.0. The van der Waals surface area contributed by atoms with Crippen LogP contribution in [0.5, 0.6) is 0 Å². The van der Waals surface area contributed by atoms with Gasteiger partial charge in [-0.1, -0.05) is 13.3 Å². The highest BCUT2D eigenvalue weighted by atomic mass is 19.5. The van der Waals surface area contributed by atoms with Gasteiger partial charge in [0.15, 0.2) is 0 Å². The third-order valence-corrected chi connectivity index (χ3v) is 1.03. The predicted molar refractivity (Wildman–Crippen MR) is 42.8 cm³/mol. The average molecular weight is 189 g/mol. The number of hydrogen-bond acceptors (Lipinski definition) is 0. The minimum Gasteiger partial charge on any atom is -0.418 e. The Kier molecular flexibility index (Phi) is 8.80. The molecule has 1 nitrogen and oxygen atoms in total. The highest BCUT2D eigenvalue weighted by molar-refractivity contribution is 6.50. The van der Waals surface area contributed by atoms with Gasteiger partial charge in [0.25, 0.3) is 0 Å². The Morgan fingerprint density at radius 3 is 1.50 bits per heavy atom. The van der Waals surface area contributed by atoms with Crippen molar-refractivity contribution in [2.75, 3.05) is 20.6 Å². The van der Waals surface area contributed by atoms with Crippen LogP contribution >= 0.6 is 0 Å². The summed E-state index contributed by atoms with van der Waals surface area (Å²) in [5, 5.41) is 0. The topological polar surface area (TPSA) is 4.44 Å². The lowest BCUT2D eigenvalue weighted by molar-refractivity contribution is -0.858. The van der Waals surface area contributed by atoms with Crippen molar-refractivity contribution in [2.45, 2.75) is 19.8 Å². The van der Waals surface area contributed by atoms with Crippen molar-refractivity contribution in [3.8, 4) is 0 Å². The van der Waals surface area contributed by atoms with E-state index in [2.05, 4.69) is 21.0 Å². The molecule has 0 aliphatic carbocycles. The lowest BCUT2D eigenvalue weighted by atomic mass is 10.3. The van der Waals surface area contributed by atoms with Gasteiger partial charge in [0.05, 0.1) is 20.6 Å². The fraction of sp³-hybridized carbons (Fsp3) is 1.00. The third-order valence-electron chi connectivity index (χ3n) is 1.03. The summed E-state index contributed by atoms with van der Waals surface area (Å²) in [7, 11) is -1.62. The third kappa shape index (κ3) is 53.1. The minimum atomic E-state index is -6.00. The molecule has 0 aliphatic rings. The molecule has 0 saturated carbocycles. The molecule has 0 aliphatic heterocycles. The molecular weight excluding hydrogens is 173 g/mol. The highest BCUT2D eigenvalue weighted by Gasteiger charge is 2.20. The number of halogens is 4. The first-order chi connectivity index (χ1) is 5.27. The molecule has 0 saturated heterocycles. The van der Waals surface area contributed by atoms with Crippen LogP contribution < -0.4 is 4.90 Å². The molecular formula is C6H16BF4N. The van der Waals surface area contributed by atoms with E-state index in [1.165, 1.54) is 19.4 Å². The van der Waals surface area contributed by atoms with Crippen LogP contribution in [0.25, 0.3) is 0 Å². The van der Waals surface area contributed by atoms with Crippen LogP contribution in [0.3, 0.4) is 0 Å². The molecule has 6 heteroatoms. The van der Waals surface area contributed by atoms with Crippen molar-refractivity contribution in [3.05, 3.63) is 0 Å². The van der Waals surface area contributed by atoms with E-state index >= 15 is 0 Å². The SMILES string of the molecule is CCCC[NH+](C)C.F[B-](F)(F)F. The Labute approximate surface area is 70.8 Å². The summed E-state index contributed by atoms with van der Waals surface area (Å²) in [5.41, 5.74) is 0. The van der Waals surface area contributed by atoms with E-state index in [0.717, 1.165) is 0 Å². The maximum absolute atomic E-state index is 9.75. The fourth-order valence-electron chi connectivity index (χ4n) is 0.530. The lowest BCUT2D eigenvalue weighted by Crippen LogP contribution is -3.05. The van der Waals surface area contributed by atoms with E-state index in [1.54, 1.807) is 4.90 Å². The van der Waals surface area contributed by atoms with Gasteiger partial charge in [-0.15, -0.1) is 0 Å². The first-order valence-corrected chi connectivity index (χ1v) is 3.93. The molecule has 0 fully saturated rings. The summed E-state index contributed by atoms with van der Waals surface area (Å²) >= 11 is 0. The van der Waals surface area contributed by atoms with Gasteiger partial charge in [-0.05, 0) is 6.42 Å². The number of quaternary nitrogens is 1. The monoisotopic (exact) mass is 189 g/mol. The molecule has 76 valence electrons. The molecule has 0 atom stereocenters. The molecule has 0 bridgehead atoms. The van der Waals surface area contributed by atoms with Crippen LogP contribution in [-0.4, -0.2) is 27.9 Å². The maximum Gasteiger partial charge on any atom is 0.673 e. The summed E-state index contributed by atoms with van der Waals surface area (Å²) in [4.78, 5) is 1.56. The standard InChI is InChI=1S/C6H15N.BF4/c1-4-5-6-7(2)3;2-1(3,4)5/h4-6H2,1-3H3;/q;-1/p+1.